The third-order valence-electron chi connectivity index (χ3n) is 1.76. The lowest BCUT2D eigenvalue weighted by molar-refractivity contribution is -0.141. The van der Waals surface area contributed by atoms with Crippen LogP contribution in [0.25, 0.3) is 0 Å². The molecule has 0 fully saturated rings. The van der Waals surface area contributed by atoms with Crippen LogP contribution < -0.4 is 5.43 Å². The molecule has 17 heavy (non-hydrogen) atoms. The van der Waals surface area contributed by atoms with Gasteiger partial charge in [-0.25, -0.2) is 0 Å². The molecule has 0 bridgehead atoms. The van der Waals surface area contributed by atoms with Crippen LogP contribution in [0.15, 0.2) is 23.3 Å². The Balaban J connectivity index is 2.39. The Morgan fingerprint density at radius 1 is 1.41 bits per heavy atom. The lowest BCUT2D eigenvalue weighted by atomic mass is 10.3. The number of halogens is 2. The summed E-state index contributed by atoms with van der Waals surface area (Å²) in [6, 6.07) is 4.99. The summed E-state index contributed by atoms with van der Waals surface area (Å²) in [5, 5.41) is 4.90. The number of hydrogen-bond acceptors (Lipinski definition) is 4. The molecule has 0 heterocycles. The van der Waals surface area contributed by atoms with Crippen LogP contribution in [-0.2, 0) is 9.53 Å². The van der Waals surface area contributed by atoms with Gasteiger partial charge in [0.25, 0.3) is 0 Å². The van der Waals surface area contributed by atoms with Gasteiger partial charge in [0.1, 0.15) is 6.61 Å². The highest BCUT2D eigenvalue weighted by Gasteiger charge is 1.97. The second kappa shape index (κ2) is 7.14. The molecule has 0 aliphatic heterocycles. The first-order valence-corrected chi connectivity index (χ1v) is 5.76. The molecule has 0 atom stereocenters. The Bertz CT molecular complexity index is 402. The van der Waals surface area contributed by atoms with Crippen molar-refractivity contribution in [2.24, 2.45) is 5.10 Å². The van der Waals surface area contributed by atoms with Crippen LogP contribution in [-0.4, -0.2) is 18.8 Å². The predicted molar refractivity (Wildman–Crippen MR) is 69.8 cm³/mol. The zero-order valence-electron chi connectivity index (χ0n) is 9.24. The average molecular weight is 275 g/mol. The predicted octanol–water partition coefficient (Wildman–Crippen LogP) is 3.34. The lowest BCUT2D eigenvalue weighted by Crippen LogP contribution is -2.05. The second-order valence-corrected chi connectivity index (χ2v) is 3.99. The molecule has 6 heteroatoms. The molecule has 0 aromatic heterocycles. The van der Waals surface area contributed by atoms with Crippen LogP contribution in [0.3, 0.4) is 0 Å². The molecule has 0 radical (unpaired) electrons. The summed E-state index contributed by atoms with van der Waals surface area (Å²) in [6.45, 7) is 1.86. The fourth-order valence-corrected chi connectivity index (χ4v) is 1.53. The van der Waals surface area contributed by atoms with Gasteiger partial charge in [-0.2, -0.15) is 5.10 Å². The van der Waals surface area contributed by atoms with E-state index in [0.717, 1.165) is 0 Å². The highest BCUT2D eigenvalue weighted by molar-refractivity contribution is 6.35. The Morgan fingerprint density at radius 3 is 2.65 bits per heavy atom. The van der Waals surface area contributed by atoms with Gasteiger partial charge >= 0.3 is 5.97 Å². The summed E-state index contributed by atoms with van der Waals surface area (Å²) in [4.78, 5) is 10.8. The van der Waals surface area contributed by atoms with Gasteiger partial charge in [-0.3, -0.25) is 10.2 Å². The standard InChI is InChI=1S/C11H12Cl2N2O2/c1-2-11(16)17-4-3-14-15-10-6-8(12)5-9(13)7-10/h3,5-7,15H,2,4H2,1H3. The number of nitrogens with zero attached hydrogens (tertiary/aromatic N) is 1. The fourth-order valence-electron chi connectivity index (χ4n) is 1.01. The molecule has 1 rings (SSSR count). The van der Waals surface area contributed by atoms with Crippen molar-refractivity contribution in [3.05, 3.63) is 28.2 Å². The van der Waals surface area contributed by atoms with Crippen LogP contribution in [0.2, 0.25) is 10.0 Å². The smallest absolute Gasteiger partial charge is 0.305 e. The van der Waals surface area contributed by atoms with E-state index in [1.807, 2.05) is 0 Å². The normalized spacial score (nSPS) is 10.5. The Labute approximate surface area is 110 Å². The molecule has 0 aliphatic carbocycles. The van der Waals surface area contributed by atoms with Gasteiger partial charge in [0.2, 0.25) is 0 Å². The number of carbonyl (C=O) groups excluding carboxylic acids is 1. The van der Waals surface area contributed by atoms with Gasteiger partial charge in [-0.1, -0.05) is 30.1 Å². The van der Waals surface area contributed by atoms with Crippen molar-refractivity contribution in [1.29, 1.82) is 0 Å². The molecule has 0 spiro atoms. The first kappa shape index (κ1) is 13.8. The first-order valence-electron chi connectivity index (χ1n) is 5.01. The number of anilines is 1. The van der Waals surface area contributed by atoms with Crippen molar-refractivity contribution in [2.45, 2.75) is 13.3 Å². The number of hydrazone groups is 1. The number of esters is 1. The number of nitrogens with one attached hydrogen (secondary N) is 1. The number of ether oxygens (including phenoxy) is 1. The van der Waals surface area contributed by atoms with Crippen LogP contribution in [0, 0.1) is 0 Å². The van der Waals surface area contributed by atoms with Gasteiger partial charge in [0.15, 0.2) is 0 Å². The monoisotopic (exact) mass is 274 g/mol. The number of benzene rings is 1. The third kappa shape index (κ3) is 5.56. The minimum Gasteiger partial charge on any atom is -0.460 e. The van der Waals surface area contributed by atoms with Crippen LogP contribution >= 0.6 is 23.2 Å². The highest BCUT2D eigenvalue weighted by Crippen LogP contribution is 2.22. The van der Waals surface area contributed by atoms with E-state index in [2.05, 4.69) is 10.5 Å². The van der Waals surface area contributed by atoms with E-state index in [0.29, 0.717) is 22.2 Å². The van der Waals surface area contributed by atoms with E-state index in [1.54, 1.807) is 25.1 Å². The van der Waals surface area contributed by atoms with Gasteiger partial charge in [-0.05, 0) is 18.2 Å². The molecule has 0 saturated carbocycles. The maximum atomic E-state index is 10.8. The van der Waals surface area contributed by atoms with Crippen molar-refractivity contribution in [2.75, 3.05) is 12.0 Å². The SMILES string of the molecule is CCC(=O)OCC=NNc1cc(Cl)cc(Cl)c1. The van der Waals surface area contributed by atoms with Crippen molar-refractivity contribution >= 4 is 41.1 Å². The van der Waals surface area contributed by atoms with Crippen LogP contribution in [0.4, 0.5) is 5.69 Å². The van der Waals surface area contributed by atoms with E-state index >= 15 is 0 Å². The summed E-state index contributed by atoms with van der Waals surface area (Å²) >= 11 is 11.6. The van der Waals surface area contributed by atoms with Crippen LogP contribution in [0.5, 0.6) is 0 Å². The number of carbonyl (C=O) groups is 1. The molecule has 1 aromatic carbocycles. The third-order valence-corrected chi connectivity index (χ3v) is 2.19. The lowest BCUT2D eigenvalue weighted by Gasteiger charge is -2.02. The van der Waals surface area contributed by atoms with Gasteiger partial charge in [0.05, 0.1) is 11.9 Å². The van der Waals surface area contributed by atoms with E-state index in [9.17, 15) is 4.79 Å². The maximum Gasteiger partial charge on any atom is 0.305 e. The van der Waals surface area contributed by atoms with Gasteiger partial charge in [-0.15, -0.1) is 0 Å². The minimum atomic E-state index is -0.262. The number of rotatable bonds is 5. The van der Waals surface area contributed by atoms with E-state index in [-0.39, 0.29) is 12.6 Å². The zero-order valence-corrected chi connectivity index (χ0v) is 10.8. The molecule has 0 amide bonds. The minimum absolute atomic E-state index is 0.133. The fraction of sp³-hybridized carbons (Fsp3) is 0.273. The van der Waals surface area contributed by atoms with Crippen LogP contribution in [0.1, 0.15) is 13.3 Å². The molecule has 0 saturated heterocycles. The summed E-state index contributed by atoms with van der Waals surface area (Å²) < 4.78 is 4.80. The maximum absolute atomic E-state index is 10.8. The topological polar surface area (TPSA) is 50.7 Å². The molecule has 0 aliphatic rings. The molecular weight excluding hydrogens is 263 g/mol. The van der Waals surface area contributed by atoms with E-state index in [4.69, 9.17) is 27.9 Å². The van der Waals surface area contributed by atoms with Crippen molar-refractivity contribution < 1.29 is 9.53 Å². The Kier molecular flexibility index (Phi) is 5.80. The quantitative estimate of drug-likeness (QED) is 0.509. The highest BCUT2D eigenvalue weighted by atomic mass is 35.5. The molecule has 1 aromatic rings. The molecule has 4 nitrogen and oxygen atoms in total. The first-order chi connectivity index (χ1) is 8.11. The summed E-state index contributed by atoms with van der Waals surface area (Å²) in [7, 11) is 0. The Hall–Kier alpha value is -1.26. The zero-order chi connectivity index (χ0) is 12.7. The molecule has 1 N–H and O–H groups in total. The molecule has 92 valence electrons. The molecule has 0 unspecified atom stereocenters. The van der Waals surface area contributed by atoms with Gasteiger partial charge < -0.3 is 4.74 Å². The van der Waals surface area contributed by atoms with E-state index < -0.39 is 0 Å². The average Bonchev–Trinajstić information content (AvgIpc) is 2.27. The van der Waals surface area contributed by atoms with Crippen molar-refractivity contribution in [3.8, 4) is 0 Å². The molecular formula is C11H12Cl2N2O2. The Morgan fingerprint density at radius 2 is 2.06 bits per heavy atom. The second-order valence-electron chi connectivity index (χ2n) is 3.12. The van der Waals surface area contributed by atoms with Crippen molar-refractivity contribution in [3.63, 3.8) is 0 Å². The summed E-state index contributed by atoms with van der Waals surface area (Å²) in [6.07, 6.45) is 1.80. The largest absolute Gasteiger partial charge is 0.460 e. The van der Waals surface area contributed by atoms with Crippen molar-refractivity contribution in [1.82, 2.24) is 0 Å². The summed E-state index contributed by atoms with van der Waals surface area (Å²) in [5.41, 5.74) is 3.39. The van der Waals surface area contributed by atoms with E-state index in [1.165, 1.54) is 6.21 Å². The number of hydrogen-bond donors (Lipinski definition) is 1. The summed E-state index contributed by atoms with van der Waals surface area (Å²) in [5.74, 6) is -0.262. The van der Waals surface area contributed by atoms with Gasteiger partial charge in [0, 0.05) is 16.5 Å².